The highest BCUT2D eigenvalue weighted by atomic mass is 35.5. The molecule has 3 aliphatic rings. The number of nitrogens with one attached hydrogen (secondary N) is 2. The number of amides is 2. The van der Waals surface area contributed by atoms with Gasteiger partial charge in [0.25, 0.3) is 11.8 Å². The largest absolute Gasteiger partial charge is 0.484 e. The molecule has 2 aromatic rings. The first-order valence-corrected chi connectivity index (χ1v) is 9.61. The van der Waals surface area contributed by atoms with Crippen LogP contribution in [0, 0.1) is 5.82 Å². The Hall–Kier alpha value is -2.64. The lowest BCUT2D eigenvalue weighted by Crippen LogP contribution is -2.84. The molecule has 0 heterocycles. The van der Waals surface area contributed by atoms with Crippen molar-refractivity contribution >= 4 is 23.4 Å². The van der Waals surface area contributed by atoms with Gasteiger partial charge in [-0.25, -0.2) is 4.39 Å². The van der Waals surface area contributed by atoms with Gasteiger partial charge in [0.15, 0.2) is 6.61 Å². The minimum Gasteiger partial charge on any atom is -0.484 e. The average molecular weight is 419 g/mol. The third-order valence-electron chi connectivity index (χ3n) is 5.45. The summed E-state index contributed by atoms with van der Waals surface area (Å²) in [6.45, 7) is -0.345. The molecule has 2 bridgehead atoms. The molecular formula is C21H20ClFN2O4. The first-order valence-electron chi connectivity index (χ1n) is 9.23. The van der Waals surface area contributed by atoms with E-state index < -0.39 is 5.82 Å². The van der Waals surface area contributed by atoms with E-state index in [2.05, 4.69) is 10.6 Å². The highest BCUT2D eigenvalue weighted by molar-refractivity contribution is 6.30. The maximum absolute atomic E-state index is 13.4. The van der Waals surface area contributed by atoms with Crippen molar-refractivity contribution < 1.29 is 23.8 Å². The van der Waals surface area contributed by atoms with E-state index in [1.54, 1.807) is 24.3 Å². The Kier molecular flexibility index (Phi) is 4.96. The second-order valence-corrected chi connectivity index (χ2v) is 8.22. The van der Waals surface area contributed by atoms with E-state index in [0.717, 1.165) is 6.07 Å². The van der Waals surface area contributed by atoms with Gasteiger partial charge in [-0.3, -0.25) is 9.59 Å². The number of carbonyl (C=O) groups excluding carboxylic acids is 2. The summed E-state index contributed by atoms with van der Waals surface area (Å²) >= 11 is 5.61. The molecule has 5 rings (SSSR count). The van der Waals surface area contributed by atoms with Gasteiger partial charge >= 0.3 is 0 Å². The van der Waals surface area contributed by atoms with Crippen molar-refractivity contribution in [2.24, 2.45) is 0 Å². The zero-order valence-electron chi connectivity index (χ0n) is 15.5. The van der Waals surface area contributed by atoms with Crippen LogP contribution in [-0.4, -0.2) is 34.6 Å². The Morgan fingerprint density at radius 1 is 1.10 bits per heavy atom. The summed E-state index contributed by atoms with van der Waals surface area (Å²) in [5.41, 5.74) is 0.577. The van der Waals surface area contributed by atoms with Crippen molar-refractivity contribution in [1.82, 2.24) is 10.6 Å². The Bertz CT molecular complexity index is 961. The molecule has 0 radical (unpaired) electrons. The number of hydrogen-bond donors (Lipinski definition) is 3. The molecule has 0 aliphatic heterocycles. The summed E-state index contributed by atoms with van der Waals surface area (Å²) in [6.07, 6.45) is 1.98. The maximum atomic E-state index is 13.4. The van der Waals surface area contributed by atoms with E-state index in [-0.39, 0.29) is 46.9 Å². The third kappa shape index (κ3) is 3.93. The quantitative estimate of drug-likeness (QED) is 0.645. The fourth-order valence-corrected chi connectivity index (χ4v) is 4.34. The summed E-state index contributed by atoms with van der Waals surface area (Å²) in [7, 11) is 0. The zero-order valence-corrected chi connectivity index (χ0v) is 16.3. The maximum Gasteiger partial charge on any atom is 0.258 e. The first kappa shape index (κ1) is 19.7. The number of ether oxygens (including phenoxy) is 1. The van der Waals surface area contributed by atoms with Crippen molar-refractivity contribution in [2.75, 3.05) is 6.61 Å². The van der Waals surface area contributed by atoms with Crippen molar-refractivity contribution in [3.05, 3.63) is 64.4 Å². The van der Waals surface area contributed by atoms with Gasteiger partial charge in [0.05, 0.1) is 11.6 Å². The number of aliphatic hydroxyl groups excluding tert-OH is 1. The first-order chi connectivity index (χ1) is 13.8. The molecule has 2 aromatic carbocycles. The van der Waals surface area contributed by atoms with E-state index >= 15 is 0 Å². The van der Waals surface area contributed by atoms with Gasteiger partial charge in [-0.15, -0.1) is 0 Å². The van der Waals surface area contributed by atoms with Crippen LogP contribution in [0.4, 0.5) is 4.39 Å². The standard InChI is InChI=1S/C21H20ClFN2O4/c22-16-5-4-15(7-17(16)23)29-9-18(27)24-20-10-21(11-20,12-20)25-19(28)14-3-1-2-13(6-14)8-26/h1-7,26H,8-12H2,(H,24,27)(H,25,28). The molecule has 3 aliphatic carbocycles. The molecule has 29 heavy (non-hydrogen) atoms. The van der Waals surface area contributed by atoms with E-state index in [1.807, 2.05) is 0 Å². The monoisotopic (exact) mass is 418 g/mol. The highest BCUT2D eigenvalue weighted by Gasteiger charge is 2.69. The van der Waals surface area contributed by atoms with Crippen LogP contribution in [0.15, 0.2) is 42.5 Å². The second kappa shape index (κ2) is 7.31. The summed E-state index contributed by atoms with van der Waals surface area (Å²) in [4.78, 5) is 24.6. The molecule has 0 unspecified atom stereocenters. The van der Waals surface area contributed by atoms with Gasteiger partial charge < -0.3 is 20.5 Å². The van der Waals surface area contributed by atoms with Crippen LogP contribution in [-0.2, 0) is 11.4 Å². The molecule has 8 heteroatoms. The number of rotatable bonds is 7. The van der Waals surface area contributed by atoms with Crippen molar-refractivity contribution in [1.29, 1.82) is 0 Å². The molecule has 3 saturated carbocycles. The van der Waals surface area contributed by atoms with Crippen molar-refractivity contribution in [3.63, 3.8) is 0 Å². The van der Waals surface area contributed by atoms with Gasteiger partial charge in [0, 0.05) is 22.7 Å². The molecular weight excluding hydrogens is 399 g/mol. The Balaban J connectivity index is 1.24. The summed E-state index contributed by atoms with van der Waals surface area (Å²) in [6, 6.07) is 10.8. The van der Waals surface area contributed by atoms with Gasteiger partial charge in [-0.05, 0) is 49.1 Å². The van der Waals surface area contributed by atoms with Crippen LogP contribution >= 0.6 is 11.6 Å². The Morgan fingerprint density at radius 3 is 2.52 bits per heavy atom. The van der Waals surface area contributed by atoms with E-state index in [9.17, 15) is 19.1 Å². The fourth-order valence-electron chi connectivity index (χ4n) is 4.22. The third-order valence-corrected chi connectivity index (χ3v) is 5.75. The van der Waals surface area contributed by atoms with E-state index in [1.165, 1.54) is 12.1 Å². The lowest BCUT2D eigenvalue weighted by molar-refractivity contribution is -0.141. The van der Waals surface area contributed by atoms with Crippen LogP contribution in [0.5, 0.6) is 5.75 Å². The molecule has 0 spiro atoms. The fraction of sp³-hybridized carbons (Fsp3) is 0.333. The SMILES string of the molecule is O=C(COc1ccc(Cl)c(F)c1)NC12CC(NC(=O)c3cccc(CO)c3)(C1)C2. The van der Waals surface area contributed by atoms with Gasteiger partial charge in [0.1, 0.15) is 11.6 Å². The Labute approximate surface area is 172 Å². The van der Waals surface area contributed by atoms with Crippen LogP contribution in [0.3, 0.4) is 0 Å². The molecule has 0 saturated heterocycles. The molecule has 3 fully saturated rings. The zero-order chi connectivity index (χ0) is 20.6. The summed E-state index contributed by atoms with van der Waals surface area (Å²) in [5.74, 6) is -0.858. The lowest BCUT2D eigenvalue weighted by Gasteiger charge is -2.70. The molecule has 3 N–H and O–H groups in total. The number of carbonyl (C=O) groups is 2. The normalized spacial score (nSPS) is 24.1. The van der Waals surface area contributed by atoms with Crippen molar-refractivity contribution in [2.45, 2.75) is 36.9 Å². The Morgan fingerprint density at radius 2 is 1.83 bits per heavy atom. The van der Waals surface area contributed by atoms with Crippen molar-refractivity contribution in [3.8, 4) is 5.75 Å². The molecule has 0 aromatic heterocycles. The predicted octanol–water partition coefficient (Wildman–Crippen LogP) is 2.57. The minimum absolute atomic E-state index is 0.00824. The van der Waals surface area contributed by atoms with Crippen LogP contribution in [0.2, 0.25) is 5.02 Å². The van der Waals surface area contributed by atoms with E-state index in [0.29, 0.717) is 30.4 Å². The minimum atomic E-state index is -0.605. The number of aliphatic hydroxyl groups is 1. The summed E-state index contributed by atoms with van der Waals surface area (Å²) in [5, 5.41) is 15.2. The number of halogens is 2. The topological polar surface area (TPSA) is 87.7 Å². The smallest absolute Gasteiger partial charge is 0.258 e. The molecule has 0 atom stereocenters. The van der Waals surface area contributed by atoms with Crippen LogP contribution < -0.4 is 15.4 Å². The predicted molar refractivity (Wildman–Crippen MR) is 104 cm³/mol. The lowest BCUT2D eigenvalue weighted by atomic mass is 9.44. The molecule has 2 amide bonds. The van der Waals surface area contributed by atoms with Gasteiger partial charge in [0.2, 0.25) is 0 Å². The molecule has 6 nitrogen and oxygen atoms in total. The van der Waals surface area contributed by atoms with Crippen LogP contribution in [0.1, 0.15) is 35.2 Å². The second-order valence-electron chi connectivity index (χ2n) is 7.82. The number of hydrogen-bond acceptors (Lipinski definition) is 4. The van der Waals surface area contributed by atoms with E-state index in [4.69, 9.17) is 16.3 Å². The van der Waals surface area contributed by atoms with Gasteiger partial charge in [-0.2, -0.15) is 0 Å². The average Bonchev–Trinajstić information content (AvgIpc) is 2.66. The molecule has 152 valence electrons. The van der Waals surface area contributed by atoms with Crippen LogP contribution in [0.25, 0.3) is 0 Å². The summed E-state index contributed by atoms with van der Waals surface area (Å²) < 4.78 is 18.7. The number of benzene rings is 2. The highest BCUT2D eigenvalue weighted by Crippen LogP contribution is 2.60. The van der Waals surface area contributed by atoms with Gasteiger partial charge in [-0.1, -0.05) is 23.7 Å².